The average Bonchev–Trinajstić information content (AvgIpc) is 3.47. The maximum absolute atomic E-state index is 6.22. The molecule has 1 aromatic heterocycles. The van der Waals surface area contributed by atoms with Gasteiger partial charge < -0.3 is 14.5 Å². The largest absolute Gasteiger partial charge is 0.378 e. The predicted molar refractivity (Wildman–Crippen MR) is 101 cm³/mol. The molecule has 0 radical (unpaired) electrons. The van der Waals surface area contributed by atoms with Crippen LogP contribution in [0.1, 0.15) is 30.1 Å². The number of nitrogens with zero attached hydrogens (tertiary/aromatic N) is 4. The third-order valence-electron chi connectivity index (χ3n) is 4.78. The molecule has 0 spiro atoms. The normalized spacial score (nSPS) is 17.6. The molecule has 132 valence electrons. The van der Waals surface area contributed by atoms with Gasteiger partial charge in [0.25, 0.3) is 0 Å². The van der Waals surface area contributed by atoms with Gasteiger partial charge in [0.05, 0.1) is 13.2 Å². The van der Waals surface area contributed by atoms with Gasteiger partial charge in [-0.2, -0.15) is 0 Å². The van der Waals surface area contributed by atoms with Crippen molar-refractivity contribution >= 4 is 23.1 Å². The van der Waals surface area contributed by atoms with E-state index in [1.54, 1.807) is 0 Å². The predicted octanol–water partition coefficient (Wildman–Crippen LogP) is 3.48. The highest BCUT2D eigenvalue weighted by Gasteiger charge is 2.27. The number of rotatable bonds is 5. The zero-order valence-corrected chi connectivity index (χ0v) is 15.2. The number of morpholine rings is 1. The summed E-state index contributed by atoms with van der Waals surface area (Å²) in [4.78, 5) is 13.7. The zero-order valence-electron chi connectivity index (χ0n) is 14.5. The summed E-state index contributed by atoms with van der Waals surface area (Å²) in [7, 11) is 2.06. The van der Waals surface area contributed by atoms with Crippen LogP contribution in [0.2, 0.25) is 5.15 Å². The van der Waals surface area contributed by atoms with Gasteiger partial charge in [-0.1, -0.05) is 29.8 Å². The van der Waals surface area contributed by atoms with E-state index in [9.17, 15) is 0 Å². The fourth-order valence-electron chi connectivity index (χ4n) is 3.24. The summed E-state index contributed by atoms with van der Waals surface area (Å²) in [6, 6.07) is 10.4. The Hall–Kier alpha value is -1.85. The van der Waals surface area contributed by atoms with E-state index in [1.807, 2.05) is 6.07 Å². The van der Waals surface area contributed by atoms with Gasteiger partial charge in [0, 0.05) is 44.4 Å². The van der Waals surface area contributed by atoms with Crippen LogP contribution in [0, 0.1) is 0 Å². The minimum atomic E-state index is 0.492. The highest BCUT2D eigenvalue weighted by Crippen LogP contribution is 2.39. The second-order valence-corrected chi connectivity index (χ2v) is 7.15. The molecular formula is C19H23ClN4O. The molecule has 1 aromatic carbocycles. The van der Waals surface area contributed by atoms with Crippen molar-refractivity contribution in [3.05, 3.63) is 46.9 Å². The summed E-state index contributed by atoms with van der Waals surface area (Å²) in [6.45, 7) is 4.23. The minimum absolute atomic E-state index is 0.492. The molecule has 0 N–H and O–H groups in total. The molecular weight excluding hydrogens is 336 g/mol. The van der Waals surface area contributed by atoms with Crippen LogP contribution in [-0.4, -0.2) is 43.3 Å². The molecule has 0 atom stereocenters. The van der Waals surface area contributed by atoms with E-state index in [0.717, 1.165) is 44.5 Å². The average molecular weight is 359 g/mol. The standard InChI is InChI=1S/C19H23ClN4O/c1-23(18-12-17(20)21-19(22-18)14-6-7-14)13-15-4-2-3-5-16(15)24-8-10-25-11-9-24/h2-5,12,14H,6-11,13H2,1H3. The Morgan fingerprint density at radius 1 is 1.20 bits per heavy atom. The lowest BCUT2D eigenvalue weighted by molar-refractivity contribution is 0.122. The first-order valence-corrected chi connectivity index (χ1v) is 9.25. The second-order valence-electron chi connectivity index (χ2n) is 6.77. The summed E-state index contributed by atoms with van der Waals surface area (Å²) >= 11 is 6.22. The van der Waals surface area contributed by atoms with Crippen LogP contribution in [-0.2, 0) is 11.3 Å². The fourth-order valence-corrected chi connectivity index (χ4v) is 3.42. The van der Waals surface area contributed by atoms with E-state index in [0.29, 0.717) is 11.1 Å². The molecule has 2 aromatic rings. The summed E-state index contributed by atoms with van der Waals surface area (Å²) in [6.07, 6.45) is 2.34. The number of aromatic nitrogens is 2. The number of hydrogen-bond acceptors (Lipinski definition) is 5. The Balaban J connectivity index is 1.55. The van der Waals surface area contributed by atoms with Gasteiger partial charge in [0.15, 0.2) is 0 Å². The molecule has 1 saturated heterocycles. The van der Waals surface area contributed by atoms with Crippen molar-refractivity contribution in [3.8, 4) is 0 Å². The SMILES string of the molecule is CN(Cc1ccccc1N1CCOCC1)c1cc(Cl)nc(C2CC2)n1. The van der Waals surface area contributed by atoms with Crippen molar-refractivity contribution in [1.29, 1.82) is 0 Å². The Labute approximate surface area is 153 Å². The van der Waals surface area contributed by atoms with E-state index < -0.39 is 0 Å². The number of ether oxygens (including phenoxy) is 1. The van der Waals surface area contributed by atoms with Gasteiger partial charge in [-0.05, 0) is 24.5 Å². The molecule has 0 bridgehead atoms. The van der Waals surface area contributed by atoms with Gasteiger partial charge in [0.1, 0.15) is 16.8 Å². The smallest absolute Gasteiger partial charge is 0.135 e. The monoisotopic (exact) mass is 358 g/mol. The summed E-state index contributed by atoms with van der Waals surface area (Å²) < 4.78 is 5.48. The molecule has 4 rings (SSSR count). The first kappa shape index (κ1) is 16.6. The molecule has 6 heteroatoms. The molecule has 2 fully saturated rings. The van der Waals surface area contributed by atoms with E-state index in [4.69, 9.17) is 21.3 Å². The molecule has 2 aliphatic rings. The van der Waals surface area contributed by atoms with Gasteiger partial charge >= 0.3 is 0 Å². The first-order chi connectivity index (χ1) is 12.2. The highest BCUT2D eigenvalue weighted by atomic mass is 35.5. The highest BCUT2D eigenvalue weighted by molar-refractivity contribution is 6.29. The topological polar surface area (TPSA) is 41.5 Å². The molecule has 0 unspecified atom stereocenters. The molecule has 25 heavy (non-hydrogen) atoms. The molecule has 5 nitrogen and oxygen atoms in total. The van der Waals surface area contributed by atoms with E-state index in [-0.39, 0.29) is 0 Å². The maximum Gasteiger partial charge on any atom is 0.135 e. The quantitative estimate of drug-likeness (QED) is 0.765. The van der Waals surface area contributed by atoms with Crippen LogP contribution in [0.15, 0.2) is 30.3 Å². The first-order valence-electron chi connectivity index (χ1n) is 8.87. The van der Waals surface area contributed by atoms with Gasteiger partial charge in [-0.15, -0.1) is 0 Å². The fraction of sp³-hybridized carbons (Fsp3) is 0.474. The van der Waals surface area contributed by atoms with E-state index in [2.05, 4.69) is 46.1 Å². The summed E-state index contributed by atoms with van der Waals surface area (Å²) in [5, 5.41) is 0.528. The third-order valence-corrected chi connectivity index (χ3v) is 4.98. The van der Waals surface area contributed by atoms with Crippen molar-refractivity contribution in [2.75, 3.05) is 43.2 Å². The summed E-state index contributed by atoms with van der Waals surface area (Å²) in [5.74, 6) is 2.26. The lowest BCUT2D eigenvalue weighted by Crippen LogP contribution is -2.37. The van der Waals surface area contributed by atoms with Crippen molar-refractivity contribution in [1.82, 2.24) is 9.97 Å². The zero-order chi connectivity index (χ0) is 17.2. The van der Waals surface area contributed by atoms with Crippen LogP contribution in [0.5, 0.6) is 0 Å². The lowest BCUT2D eigenvalue weighted by Gasteiger charge is -2.31. The second kappa shape index (κ2) is 7.18. The van der Waals surface area contributed by atoms with Crippen LogP contribution >= 0.6 is 11.6 Å². The Morgan fingerprint density at radius 3 is 2.72 bits per heavy atom. The van der Waals surface area contributed by atoms with E-state index in [1.165, 1.54) is 24.1 Å². The number of anilines is 2. The molecule has 2 heterocycles. The lowest BCUT2D eigenvalue weighted by atomic mass is 10.1. The molecule has 0 amide bonds. The van der Waals surface area contributed by atoms with E-state index >= 15 is 0 Å². The number of halogens is 1. The van der Waals surface area contributed by atoms with Crippen LogP contribution in [0.4, 0.5) is 11.5 Å². The van der Waals surface area contributed by atoms with Gasteiger partial charge in [-0.25, -0.2) is 9.97 Å². The van der Waals surface area contributed by atoms with Crippen molar-refractivity contribution in [3.63, 3.8) is 0 Å². The molecule has 1 aliphatic heterocycles. The van der Waals surface area contributed by atoms with Crippen LogP contribution < -0.4 is 9.80 Å². The summed E-state index contributed by atoms with van der Waals surface area (Å²) in [5.41, 5.74) is 2.56. The Morgan fingerprint density at radius 2 is 1.96 bits per heavy atom. The van der Waals surface area contributed by atoms with Crippen molar-refractivity contribution in [2.24, 2.45) is 0 Å². The third kappa shape index (κ3) is 3.88. The van der Waals surface area contributed by atoms with Gasteiger partial charge in [0.2, 0.25) is 0 Å². The number of para-hydroxylation sites is 1. The Bertz CT molecular complexity index is 744. The number of benzene rings is 1. The molecule has 1 saturated carbocycles. The molecule has 1 aliphatic carbocycles. The van der Waals surface area contributed by atoms with Crippen molar-refractivity contribution in [2.45, 2.75) is 25.3 Å². The maximum atomic E-state index is 6.22. The minimum Gasteiger partial charge on any atom is -0.378 e. The Kier molecular flexibility index (Phi) is 4.77. The number of hydrogen-bond donors (Lipinski definition) is 0. The van der Waals surface area contributed by atoms with Gasteiger partial charge in [-0.3, -0.25) is 0 Å². The van der Waals surface area contributed by atoms with Crippen molar-refractivity contribution < 1.29 is 4.74 Å². The van der Waals surface area contributed by atoms with Crippen LogP contribution in [0.3, 0.4) is 0 Å². The van der Waals surface area contributed by atoms with Crippen LogP contribution in [0.25, 0.3) is 0 Å².